The molecule has 2 aromatic carbocycles. The fraction of sp³-hybridized carbons (Fsp3) is 0.250. The maximum absolute atomic E-state index is 10.2. The molecule has 0 saturated carbocycles. The molecule has 2 rings (SSSR count). The highest BCUT2D eigenvalue weighted by atomic mass is 35.5. The molecule has 0 spiro atoms. The Morgan fingerprint density at radius 2 is 1.61 bits per heavy atom. The summed E-state index contributed by atoms with van der Waals surface area (Å²) in [5, 5.41) is 10.1. The van der Waals surface area contributed by atoms with Crippen molar-refractivity contribution < 1.29 is 5.11 Å². The summed E-state index contributed by atoms with van der Waals surface area (Å²) in [6.45, 7) is 2.00. The molecule has 0 fully saturated rings. The molecule has 0 aliphatic heterocycles. The van der Waals surface area contributed by atoms with Crippen molar-refractivity contribution in [3.8, 4) is 0 Å². The van der Waals surface area contributed by atoms with Crippen LogP contribution in [0.1, 0.15) is 34.6 Å². The molecular formula is C16H17ClO. The van der Waals surface area contributed by atoms with Crippen LogP contribution in [0.4, 0.5) is 0 Å². The van der Waals surface area contributed by atoms with Gasteiger partial charge in [0.15, 0.2) is 0 Å². The molecule has 0 amide bonds. The number of rotatable bonds is 4. The third kappa shape index (κ3) is 3.12. The Balaban J connectivity index is 2.08. The first-order valence-corrected chi connectivity index (χ1v) is 6.54. The van der Waals surface area contributed by atoms with Crippen molar-refractivity contribution in [1.29, 1.82) is 0 Å². The van der Waals surface area contributed by atoms with Gasteiger partial charge in [-0.3, -0.25) is 0 Å². The Morgan fingerprint density at radius 3 is 2.28 bits per heavy atom. The van der Waals surface area contributed by atoms with Crippen LogP contribution in [0, 0.1) is 6.92 Å². The molecule has 18 heavy (non-hydrogen) atoms. The normalized spacial score (nSPS) is 14.2. The average molecular weight is 261 g/mol. The molecule has 0 saturated heterocycles. The van der Waals surface area contributed by atoms with E-state index in [0.717, 1.165) is 16.7 Å². The van der Waals surface area contributed by atoms with Crippen LogP contribution in [0.3, 0.4) is 0 Å². The number of hydrogen-bond donors (Lipinski definition) is 1. The van der Waals surface area contributed by atoms with Crippen LogP contribution < -0.4 is 0 Å². The maximum Gasteiger partial charge on any atom is 0.0810 e. The summed E-state index contributed by atoms with van der Waals surface area (Å²) in [6, 6.07) is 17.7. The molecule has 0 aliphatic rings. The molecule has 1 nitrogen and oxygen atoms in total. The van der Waals surface area contributed by atoms with Gasteiger partial charge in [-0.05, 0) is 30.0 Å². The van der Waals surface area contributed by atoms with E-state index in [1.807, 2.05) is 61.5 Å². The second-order valence-electron chi connectivity index (χ2n) is 4.49. The second-order valence-corrected chi connectivity index (χ2v) is 5.01. The first kappa shape index (κ1) is 13.1. The highest BCUT2D eigenvalue weighted by Gasteiger charge is 2.16. The fourth-order valence-electron chi connectivity index (χ4n) is 2.08. The molecular weight excluding hydrogens is 244 g/mol. The van der Waals surface area contributed by atoms with E-state index in [-0.39, 0.29) is 5.38 Å². The van der Waals surface area contributed by atoms with Crippen molar-refractivity contribution in [3.63, 3.8) is 0 Å². The van der Waals surface area contributed by atoms with Gasteiger partial charge < -0.3 is 5.11 Å². The van der Waals surface area contributed by atoms with Crippen LogP contribution in [0.5, 0.6) is 0 Å². The van der Waals surface area contributed by atoms with Gasteiger partial charge in [-0.25, -0.2) is 0 Å². The van der Waals surface area contributed by atoms with Gasteiger partial charge in [0.05, 0.1) is 11.5 Å². The molecule has 94 valence electrons. The minimum absolute atomic E-state index is 0.166. The van der Waals surface area contributed by atoms with Crippen molar-refractivity contribution in [1.82, 2.24) is 0 Å². The van der Waals surface area contributed by atoms with Crippen LogP contribution in [0.25, 0.3) is 0 Å². The minimum atomic E-state index is -0.520. The van der Waals surface area contributed by atoms with Gasteiger partial charge in [-0.1, -0.05) is 54.6 Å². The zero-order chi connectivity index (χ0) is 13.0. The van der Waals surface area contributed by atoms with Crippen molar-refractivity contribution in [2.75, 3.05) is 0 Å². The fourth-order valence-corrected chi connectivity index (χ4v) is 2.40. The SMILES string of the molecule is Cc1ccccc1[C@@H](O)C[C@H](Cl)c1ccccc1. The Hall–Kier alpha value is -1.31. The predicted molar refractivity (Wildman–Crippen MR) is 75.8 cm³/mol. The van der Waals surface area contributed by atoms with Gasteiger partial charge in [-0.2, -0.15) is 0 Å². The van der Waals surface area contributed by atoms with Gasteiger partial charge in [0.25, 0.3) is 0 Å². The van der Waals surface area contributed by atoms with Gasteiger partial charge >= 0.3 is 0 Å². The highest BCUT2D eigenvalue weighted by Crippen LogP contribution is 2.32. The van der Waals surface area contributed by atoms with E-state index in [1.165, 1.54) is 0 Å². The highest BCUT2D eigenvalue weighted by molar-refractivity contribution is 6.20. The molecule has 0 heterocycles. The lowest BCUT2D eigenvalue weighted by Gasteiger charge is -2.17. The quantitative estimate of drug-likeness (QED) is 0.808. The molecule has 2 aromatic rings. The molecule has 0 aromatic heterocycles. The number of aryl methyl sites for hydroxylation is 1. The van der Waals surface area contributed by atoms with Crippen molar-refractivity contribution in [3.05, 3.63) is 71.3 Å². The predicted octanol–water partition coefficient (Wildman–Crippen LogP) is 4.40. The third-order valence-electron chi connectivity index (χ3n) is 3.14. The van der Waals surface area contributed by atoms with Crippen LogP contribution in [-0.2, 0) is 0 Å². The van der Waals surface area contributed by atoms with Gasteiger partial charge in [0, 0.05) is 0 Å². The van der Waals surface area contributed by atoms with Crippen LogP contribution in [-0.4, -0.2) is 5.11 Å². The van der Waals surface area contributed by atoms with Gasteiger partial charge in [0.1, 0.15) is 0 Å². The maximum atomic E-state index is 10.2. The lowest BCUT2D eigenvalue weighted by atomic mass is 9.98. The Morgan fingerprint density at radius 1 is 1.00 bits per heavy atom. The smallest absolute Gasteiger partial charge is 0.0810 e. The number of hydrogen-bond acceptors (Lipinski definition) is 1. The number of aliphatic hydroxyl groups excluding tert-OH is 1. The summed E-state index contributed by atoms with van der Waals surface area (Å²) in [4.78, 5) is 0. The monoisotopic (exact) mass is 260 g/mol. The van der Waals surface area contributed by atoms with Crippen molar-refractivity contribution in [2.24, 2.45) is 0 Å². The van der Waals surface area contributed by atoms with E-state index in [4.69, 9.17) is 11.6 Å². The van der Waals surface area contributed by atoms with E-state index >= 15 is 0 Å². The summed E-state index contributed by atoms with van der Waals surface area (Å²) in [7, 11) is 0. The molecule has 1 N–H and O–H groups in total. The number of alkyl halides is 1. The van der Waals surface area contributed by atoms with E-state index in [0.29, 0.717) is 6.42 Å². The first-order chi connectivity index (χ1) is 8.68. The molecule has 0 bridgehead atoms. The summed E-state index contributed by atoms with van der Waals surface area (Å²) >= 11 is 6.34. The van der Waals surface area contributed by atoms with Crippen LogP contribution >= 0.6 is 11.6 Å². The molecule has 0 radical (unpaired) electrons. The number of halogens is 1. The van der Waals surface area contributed by atoms with Gasteiger partial charge in [0.2, 0.25) is 0 Å². The third-order valence-corrected chi connectivity index (χ3v) is 3.57. The lowest BCUT2D eigenvalue weighted by Crippen LogP contribution is -2.03. The van der Waals surface area contributed by atoms with E-state index < -0.39 is 6.10 Å². The van der Waals surface area contributed by atoms with E-state index in [9.17, 15) is 5.11 Å². The standard InChI is InChI=1S/C16H17ClO/c1-12-7-5-6-10-14(12)16(18)11-15(17)13-8-3-2-4-9-13/h2-10,15-16,18H,11H2,1H3/t15-,16-/m0/s1. The minimum Gasteiger partial charge on any atom is -0.388 e. The second kappa shape index (κ2) is 6.03. The average Bonchev–Trinajstić information content (AvgIpc) is 2.40. The summed E-state index contributed by atoms with van der Waals surface area (Å²) in [5.41, 5.74) is 3.10. The number of benzene rings is 2. The molecule has 0 aliphatic carbocycles. The van der Waals surface area contributed by atoms with Crippen LogP contribution in [0.15, 0.2) is 54.6 Å². The Kier molecular flexibility index (Phi) is 4.40. The van der Waals surface area contributed by atoms with Crippen LogP contribution in [0.2, 0.25) is 0 Å². The zero-order valence-corrected chi connectivity index (χ0v) is 11.1. The molecule has 2 heteroatoms. The van der Waals surface area contributed by atoms with Gasteiger partial charge in [-0.15, -0.1) is 11.6 Å². The Bertz CT molecular complexity index is 495. The summed E-state index contributed by atoms with van der Waals surface area (Å²) in [5.74, 6) is 0. The van der Waals surface area contributed by atoms with Crippen molar-refractivity contribution >= 4 is 11.6 Å². The largest absolute Gasteiger partial charge is 0.388 e. The number of aliphatic hydroxyl groups is 1. The lowest BCUT2D eigenvalue weighted by molar-refractivity contribution is 0.165. The Labute approximate surface area is 113 Å². The van der Waals surface area contributed by atoms with E-state index in [1.54, 1.807) is 0 Å². The topological polar surface area (TPSA) is 20.2 Å². The van der Waals surface area contributed by atoms with Crippen molar-refractivity contribution in [2.45, 2.75) is 24.8 Å². The first-order valence-electron chi connectivity index (χ1n) is 6.11. The summed E-state index contributed by atoms with van der Waals surface area (Å²) < 4.78 is 0. The summed E-state index contributed by atoms with van der Waals surface area (Å²) in [6.07, 6.45) is 0.00470. The molecule has 0 unspecified atom stereocenters. The zero-order valence-electron chi connectivity index (χ0n) is 10.4. The molecule has 2 atom stereocenters. The van der Waals surface area contributed by atoms with E-state index in [2.05, 4.69) is 0 Å².